The van der Waals surface area contributed by atoms with E-state index in [4.69, 9.17) is 0 Å². The first-order valence-corrected chi connectivity index (χ1v) is 10.0. The number of halogens is 1. The number of thioether (sulfide) groups is 1. The van der Waals surface area contributed by atoms with Gasteiger partial charge in [0.2, 0.25) is 5.91 Å². The number of carbonyl (C=O) groups is 1. The molecule has 0 fully saturated rings. The number of carbonyl (C=O) groups excluding carboxylic acids is 1. The van der Waals surface area contributed by atoms with Crippen LogP contribution in [0.2, 0.25) is 0 Å². The smallest absolute Gasteiger partial charge is 0.234 e. The fraction of sp³-hybridized carbons (Fsp3) is 0.200. The van der Waals surface area contributed by atoms with Crippen molar-refractivity contribution in [3.63, 3.8) is 0 Å². The van der Waals surface area contributed by atoms with Crippen LogP contribution in [0.3, 0.4) is 0 Å². The Balaban J connectivity index is 1.53. The standard InChI is InChI=1S/C20H20BrN3OS/c1-14-11-17(21)5-8-19(14)26-13-20(25)23-18-6-3-16(4-7-18)12-24-10-9-22-15(24)2/h3-11H,12-13H2,1-2H3,(H,23,25). The molecule has 134 valence electrons. The zero-order valence-corrected chi connectivity index (χ0v) is 17.1. The maximum absolute atomic E-state index is 12.2. The van der Waals surface area contributed by atoms with Gasteiger partial charge in [-0.15, -0.1) is 11.8 Å². The number of nitrogens with one attached hydrogen (secondary N) is 1. The van der Waals surface area contributed by atoms with Gasteiger partial charge in [0.15, 0.2) is 0 Å². The highest BCUT2D eigenvalue weighted by Crippen LogP contribution is 2.25. The van der Waals surface area contributed by atoms with Crippen molar-refractivity contribution < 1.29 is 4.79 Å². The Labute approximate surface area is 166 Å². The van der Waals surface area contributed by atoms with E-state index in [0.29, 0.717) is 5.75 Å². The third-order valence-corrected chi connectivity index (χ3v) is 5.68. The van der Waals surface area contributed by atoms with Crippen molar-refractivity contribution in [1.82, 2.24) is 9.55 Å². The van der Waals surface area contributed by atoms with Crippen molar-refractivity contribution in [3.8, 4) is 0 Å². The summed E-state index contributed by atoms with van der Waals surface area (Å²) in [5, 5.41) is 2.95. The van der Waals surface area contributed by atoms with Crippen LogP contribution in [0.15, 0.2) is 64.2 Å². The second-order valence-corrected chi connectivity index (χ2v) is 7.98. The van der Waals surface area contributed by atoms with Crippen LogP contribution < -0.4 is 5.32 Å². The Morgan fingerprint density at radius 2 is 1.96 bits per heavy atom. The third kappa shape index (κ3) is 4.99. The summed E-state index contributed by atoms with van der Waals surface area (Å²) < 4.78 is 3.14. The summed E-state index contributed by atoms with van der Waals surface area (Å²) in [5.74, 6) is 1.37. The normalized spacial score (nSPS) is 10.7. The van der Waals surface area contributed by atoms with Crippen molar-refractivity contribution in [2.45, 2.75) is 25.3 Å². The number of hydrogen-bond acceptors (Lipinski definition) is 3. The molecule has 1 aromatic heterocycles. The van der Waals surface area contributed by atoms with Gasteiger partial charge in [-0.05, 0) is 55.3 Å². The molecule has 2 aromatic carbocycles. The van der Waals surface area contributed by atoms with Crippen LogP contribution in [0, 0.1) is 13.8 Å². The average Bonchev–Trinajstić information content (AvgIpc) is 3.01. The molecule has 0 radical (unpaired) electrons. The Morgan fingerprint density at radius 1 is 1.19 bits per heavy atom. The van der Waals surface area contributed by atoms with Crippen molar-refractivity contribution >= 4 is 39.3 Å². The first-order chi connectivity index (χ1) is 12.5. The largest absolute Gasteiger partial charge is 0.331 e. The number of nitrogens with zero attached hydrogens (tertiary/aromatic N) is 2. The van der Waals surface area contributed by atoms with E-state index in [-0.39, 0.29) is 5.91 Å². The molecular weight excluding hydrogens is 410 g/mol. The number of aromatic nitrogens is 2. The number of imidazole rings is 1. The molecular formula is C20H20BrN3OS. The van der Waals surface area contributed by atoms with Gasteiger partial charge in [-0.3, -0.25) is 4.79 Å². The van der Waals surface area contributed by atoms with Crippen LogP contribution in [-0.2, 0) is 11.3 Å². The minimum atomic E-state index is -0.00415. The van der Waals surface area contributed by atoms with Gasteiger partial charge in [-0.2, -0.15) is 0 Å². The zero-order valence-electron chi connectivity index (χ0n) is 14.7. The average molecular weight is 430 g/mol. The first-order valence-electron chi connectivity index (χ1n) is 8.27. The second-order valence-electron chi connectivity index (χ2n) is 6.05. The molecule has 0 aliphatic rings. The van der Waals surface area contributed by atoms with E-state index in [1.165, 1.54) is 5.56 Å². The van der Waals surface area contributed by atoms with E-state index in [1.54, 1.807) is 18.0 Å². The Hall–Kier alpha value is -2.05. The first kappa shape index (κ1) is 18.7. The molecule has 3 aromatic rings. The van der Waals surface area contributed by atoms with Crippen LogP contribution in [0.4, 0.5) is 5.69 Å². The lowest BCUT2D eigenvalue weighted by atomic mass is 10.2. The highest BCUT2D eigenvalue weighted by molar-refractivity contribution is 9.10. The minimum Gasteiger partial charge on any atom is -0.331 e. The number of aryl methyl sites for hydroxylation is 2. The monoisotopic (exact) mass is 429 g/mol. The van der Waals surface area contributed by atoms with E-state index in [0.717, 1.165) is 33.0 Å². The SMILES string of the molecule is Cc1cc(Br)ccc1SCC(=O)Nc1ccc(Cn2ccnc2C)cc1. The van der Waals surface area contributed by atoms with E-state index in [2.05, 4.69) is 36.9 Å². The van der Waals surface area contributed by atoms with Crippen molar-refractivity contribution in [2.75, 3.05) is 11.1 Å². The van der Waals surface area contributed by atoms with E-state index >= 15 is 0 Å². The Morgan fingerprint density at radius 3 is 2.62 bits per heavy atom. The van der Waals surface area contributed by atoms with Gasteiger partial charge in [0.25, 0.3) is 0 Å². The lowest BCUT2D eigenvalue weighted by Crippen LogP contribution is -2.14. The summed E-state index contributed by atoms with van der Waals surface area (Å²) in [7, 11) is 0. The molecule has 0 unspecified atom stereocenters. The summed E-state index contributed by atoms with van der Waals surface area (Å²) in [5.41, 5.74) is 3.15. The third-order valence-electron chi connectivity index (χ3n) is 4.01. The van der Waals surface area contributed by atoms with E-state index in [1.807, 2.05) is 56.4 Å². The molecule has 6 heteroatoms. The van der Waals surface area contributed by atoms with Gasteiger partial charge in [0.1, 0.15) is 5.82 Å². The fourth-order valence-corrected chi connectivity index (χ4v) is 3.86. The summed E-state index contributed by atoms with van der Waals surface area (Å²) in [6.07, 6.45) is 3.76. The number of rotatable bonds is 6. The maximum Gasteiger partial charge on any atom is 0.234 e. The Kier molecular flexibility index (Phi) is 6.16. The van der Waals surface area contributed by atoms with Crippen molar-refractivity contribution in [2.24, 2.45) is 0 Å². The summed E-state index contributed by atoms with van der Waals surface area (Å²) in [6, 6.07) is 14.0. The van der Waals surface area contributed by atoms with E-state index < -0.39 is 0 Å². The molecule has 0 atom stereocenters. The molecule has 4 nitrogen and oxygen atoms in total. The maximum atomic E-state index is 12.2. The quantitative estimate of drug-likeness (QED) is 0.558. The number of benzene rings is 2. The van der Waals surface area contributed by atoms with Gasteiger partial charge in [-0.1, -0.05) is 28.1 Å². The summed E-state index contributed by atoms with van der Waals surface area (Å²) in [4.78, 5) is 17.5. The number of anilines is 1. The van der Waals surface area contributed by atoms with Gasteiger partial charge in [-0.25, -0.2) is 4.98 Å². The van der Waals surface area contributed by atoms with Gasteiger partial charge < -0.3 is 9.88 Å². The van der Waals surface area contributed by atoms with Crippen LogP contribution in [-0.4, -0.2) is 21.2 Å². The van der Waals surface area contributed by atoms with Crippen LogP contribution >= 0.6 is 27.7 Å². The molecule has 0 aliphatic carbocycles. The molecule has 1 amide bonds. The van der Waals surface area contributed by atoms with Gasteiger partial charge >= 0.3 is 0 Å². The summed E-state index contributed by atoms with van der Waals surface area (Å²) >= 11 is 5.00. The second kappa shape index (κ2) is 8.56. The molecule has 0 saturated carbocycles. The lowest BCUT2D eigenvalue weighted by Gasteiger charge is -2.09. The zero-order chi connectivity index (χ0) is 18.5. The molecule has 26 heavy (non-hydrogen) atoms. The Bertz CT molecular complexity index is 906. The number of amides is 1. The van der Waals surface area contributed by atoms with Crippen LogP contribution in [0.5, 0.6) is 0 Å². The summed E-state index contributed by atoms with van der Waals surface area (Å²) in [6.45, 7) is 4.81. The fourth-order valence-electron chi connectivity index (χ4n) is 2.58. The molecule has 0 bridgehead atoms. The topological polar surface area (TPSA) is 46.9 Å². The molecule has 3 rings (SSSR count). The predicted octanol–water partition coefficient (Wildman–Crippen LogP) is 5.04. The minimum absolute atomic E-state index is 0.00415. The molecule has 0 aliphatic heterocycles. The molecule has 1 N–H and O–H groups in total. The van der Waals surface area contributed by atoms with E-state index in [9.17, 15) is 4.79 Å². The van der Waals surface area contributed by atoms with Gasteiger partial charge in [0, 0.05) is 34.0 Å². The van der Waals surface area contributed by atoms with Crippen molar-refractivity contribution in [3.05, 3.63) is 76.3 Å². The van der Waals surface area contributed by atoms with Crippen LogP contribution in [0.25, 0.3) is 0 Å². The molecule has 0 spiro atoms. The number of hydrogen-bond donors (Lipinski definition) is 1. The predicted molar refractivity (Wildman–Crippen MR) is 111 cm³/mol. The lowest BCUT2D eigenvalue weighted by molar-refractivity contribution is -0.113. The van der Waals surface area contributed by atoms with Gasteiger partial charge in [0.05, 0.1) is 5.75 Å². The van der Waals surface area contributed by atoms with Crippen LogP contribution in [0.1, 0.15) is 17.0 Å². The highest BCUT2D eigenvalue weighted by Gasteiger charge is 2.06. The highest BCUT2D eigenvalue weighted by atomic mass is 79.9. The molecule has 1 heterocycles. The molecule has 0 saturated heterocycles. The van der Waals surface area contributed by atoms with Crippen molar-refractivity contribution in [1.29, 1.82) is 0 Å².